The molecule has 0 saturated heterocycles. The monoisotopic (exact) mass is 385 g/mol. The van der Waals surface area contributed by atoms with Crippen LogP contribution in [0.4, 0.5) is 5.69 Å². The summed E-state index contributed by atoms with van der Waals surface area (Å²) >= 11 is 1.18. The molecule has 0 saturated carbocycles. The summed E-state index contributed by atoms with van der Waals surface area (Å²) < 4.78 is 16.2. The number of ether oxygens (including phenoxy) is 2. The summed E-state index contributed by atoms with van der Waals surface area (Å²) in [7, 11) is 1.61. The SMILES string of the molecule is COc1ccc(OCc2nnc(SCC(=O)Nc3ccccc3C)o2)cc1. The van der Waals surface area contributed by atoms with Crippen molar-refractivity contribution in [3.63, 3.8) is 0 Å². The Morgan fingerprint density at radius 3 is 2.59 bits per heavy atom. The van der Waals surface area contributed by atoms with Gasteiger partial charge in [0.25, 0.3) is 11.1 Å². The van der Waals surface area contributed by atoms with Crippen LogP contribution in [0, 0.1) is 6.92 Å². The van der Waals surface area contributed by atoms with Crippen molar-refractivity contribution in [3.8, 4) is 11.5 Å². The van der Waals surface area contributed by atoms with Crippen LogP contribution in [0.2, 0.25) is 0 Å². The van der Waals surface area contributed by atoms with Crippen molar-refractivity contribution >= 4 is 23.4 Å². The van der Waals surface area contributed by atoms with Crippen molar-refractivity contribution in [1.82, 2.24) is 10.2 Å². The fourth-order valence-electron chi connectivity index (χ4n) is 2.20. The molecule has 0 aliphatic rings. The molecular formula is C19H19N3O4S. The van der Waals surface area contributed by atoms with Gasteiger partial charge in [-0.3, -0.25) is 4.79 Å². The van der Waals surface area contributed by atoms with E-state index >= 15 is 0 Å². The van der Waals surface area contributed by atoms with Crippen LogP contribution in [0.5, 0.6) is 11.5 Å². The minimum Gasteiger partial charge on any atom is -0.497 e. The quantitative estimate of drug-likeness (QED) is 0.592. The normalized spacial score (nSPS) is 10.4. The Balaban J connectivity index is 1.46. The summed E-state index contributed by atoms with van der Waals surface area (Å²) in [5, 5.41) is 11.0. The summed E-state index contributed by atoms with van der Waals surface area (Å²) in [6.45, 7) is 2.09. The zero-order valence-electron chi connectivity index (χ0n) is 15.0. The highest BCUT2D eigenvalue weighted by Gasteiger charge is 2.11. The molecule has 0 spiro atoms. The first-order valence-electron chi connectivity index (χ1n) is 8.21. The molecule has 1 aromatic heterocycles. The highest BCUT2D eigenvalue weighted by Crippen LogP contribution is 2.20. The highest BCUT2D eigenvalue weighted by atomic mass is 32.2. The van der Waals surface area contributed by atoms with Crippen molar-refractivity contribution in [2.24, 2.45) is 0 Å². The third-order valence-corrected chi connectivity index (χ3v) is 4.43. The second-order valence-electron chi connectivity index (χ2n) is 5.58. The average Bonchev–Trinajstić information content (AvgIpc) is 3.15. The molecule has 7 nitrogen and oxygen atoms in total. The highest BCUT2D eigenvalue weighted by molar-refractivity contribution is 7.99. The molecule has 8 heteroatoms. The second-order valence-corrected chi connectivity index (χ2v) is 6.50. The molecule has 1 heterocycles. The third kappa shape index (κ3) is 5.49. The Bertz CT molecular complexity index is 896. The zero-order chi connectivity index (χ0) is 19.1. The number of benzene rings is 2. The fourth-order valence-corrected chi connectivity index (χ4v) is 2.78. The van der Waals surface area contributed by atoms with E-state index in [9.17, 15) is 4.79 Å². The smallest absolute Gasteiger partial charge is 0.277 e. The molecule has 0 atom stereocenters. The Kier molecular flexibility index (Phi) is 6.32. The Labute approximate surface area is 161 Å². The zero-order valence-corrected chi connectivity index (χ0v) is 15.8. The lowest BCUT2D eigenvalue weighted by atomic mass is 10.2. The van der Waals surface area contributed by atoms with Crippen molar-refractivity contribution in [1.29, 1.82) is 0 Å². The standard InChI is InChI=1S/C19H19N3O4S/c1-13-5-3-4-6-16(13)20-17(23)12-27-19-22-21-18(26-19)11-25-15-9-7-14(24-2)8-10-15/h3-10H,11-12H2,1-2H3,(H,20,23). The van der Waals surface area contributed by atoms with Gasteiger partial charge in [-0.1, -0.05) is 30.0 Å². The van der Waals surface area contributed by atoms with Crippen LogP contribution >= 0.6 is 11.8 Å². The van der Waals surface area contributed by atoms with Crippen LogP contribution < -0.4 is 14.8 Å². The van der Waals surface area contributed by atoms with E-state index in [2.05, 4.69) is 15.5 Å². The Morgan fingerprint density at radius 2 is 1.85 bits per heavy atom. The van der Waals surface area contributed by atoms with Gasteiger partial charge in [0.15, 0.2) is 6.61 Å². The summed E-state index contributed by atoms with van der Waals surface area (Å²) in [4.78, 5) is 12.1. The molecule has 0 radical (unpaired) electrons. The largest absolute Gasteiger partial charge is 0.497 e. The lowest BCUT2D eigenvalue weighted by Gasteiger charge is -2.06. The van der Waals surface area contributed by atoms with E-state index in [1.165, 1.54) is 11.8 Å². The molecular weight excluding hydrogens is 366 g/mol. The van der Waals surface area contributed by atoms with Crippen LogP contribution in [0.15, 0.2) is 58.2 Å². The Morgan fingerprint density at radius 1 is 1.11 bits per heavy atom. The molecule has 3 rings (SSSR count). The van der Waals surface area contributed by atoms with Gasteiger partial charge in [0.05, 0.1) is 12.9 Å². The van der Waals surface area contributed by atoms with Crippen LogP contribution in [-0.2, 0) is 11.4 Å². The fraction of sp³-hybridized carbons (Fsp3) is 0.211. The summed E-state index contributed by atoms with van der Waals surface area (Å²) in [6.07, 6.45) is 0. The number of carbonyl (C=O) groups is 1. The van der Waals surface area contributed by atoms with Crippen LogP contribution in [0.1, 0.15) is 11.5 Å². The van der Waals surface area contributed by atoms with E-state index in [1.54, 1.807) is 31.4 Å². The lowest BCUT2D eigenvalue weighted by Crippen LogP contribution is -2.14. The lowest BCUT2D eigenvalue weighted by molar-refractivity contribution is -0.113. The molecule has 1 N–H and O–H groups in total. The molecule has 2 aromatic carbocycles. The van der Waals surface area contributed by atoms with E-state index in [0.29, 0.717) is 16.9 Å². The predicted molar refractivity (Wildman–Crippen MR) is 102 cm³/mol. The molecule has 0 aliphatic carbocycles. The Hall–Kier alpha value is -3.00. The number of rotatable bonds is 8. The number of carbonyl (C=O) groups excluding carboxylic acids is 1. The number of methoxy groups -OCH3 is 1. The van der Waals surface area contributed by atoms with Gasteiger partial charge < -0.3 is 19.2 Å². The number of nitrogens with zero attached hydrogens (tertiary/aromatic N) is 2. The summed E-state index contributed by atoms with van der Waals surface area (Å²) in [5.41, 5.74) is 1.80. The van der Waals surface area contributed by atoms with Gasteiger partial charge in [-0.05, 0) is 42.8 Å². The maximum Gasteiger partial charge on any atom is 0.277 e. The number of amides is 1. The second kappa shape index (κ2) is 9.09. The molecule has 3 aromatic rings. The van der Waals surface area contributed by atoms with Gasteiger partial charge in [0.2, 0.25) is 5.91 Å². The predicted octanol–water partition coefficient (Wildman–Crippen LogP) is 3.70. The van der Waals surface area contributed by atoms with Gasteiger partial charge >= 0.3 is 0 Å². The van der Waals surface area contributed by atoms with Crippen LogP contribution in [-0.4, -0.2) is 29.0 Å². The van der Waals surface area contributed by atoms with Gasteiger partial charge in [-0.25, -0.2) is 0 Å². The first-order valence-corrected chi connectivity index (χ1v) is 9.20. The molecule has 27 heavy (non-hydrogen) atoms. The van der Waals surface area contributed by atoms with E-state index in [4.69, 9.17) is 13.9 Å². The van der Waals surface area contributed by atoms with Gasteiger partial charge in [-0.15, -0.1) is 10.2 Å². The van der Waals surface area contributed by atoms with Crippen LogP contribution in [0.3, 0.4) is 0 Å². The van der Waals surface area contributed by atoms with Gasteiger partial charge in [-0.2, -0.15) is 0 Å². The van der Waals surface area contributed by atoms with E-state index in [-0.39, 0.29) is 18.3 Å². The number of hydrogen-bond acceptors (Lipinski definition) is 7. The summed E-state index contributed by atoms with van der Waals surface area (Å²) in [6, 6.07) is 14.8. The number of hydrogen-bond donors (Lipinski definition) is 1. The van der Waals surface area contributed by atoms with E-state index in [0.717, 1.165) is 17.0 Å². The number of thioether (sulfide) groups is 1. The molecule has 0 bridgehead atoms. The molecule has 0 unspecified atom stereocenters. The summed E-state index contributed by atoms with van der Waals surface area (Å²) in [5.74, 6) is 1.80. The number of nitrogens with one attached hydrogen (secondary N) is 1. The number of aromatic nitrogens is 2. The first kappa shape index (κ1) is 18.8. The van der Waals surface area contributed by atoms with Crippen molar-refractivity contribution < 1.29 is 18.7 Å². The number of para-hydroxylation sites is 1. The van der Waals surface area contributed by atoms with Crippen molar-refractivity contribution in [2.45, 2.75) is 18.8 Å². The topological polar surface area (TPSA) is 86.5 Å². The van der Waals surface area contributed by atoms with Crippen molar-refractivity contribution in [3.05, 3.63) is 60.0 Å². The first-order chi connectivity index (χ1) is 13.1. The maximum atomic E-state index is 12.1. The average molecular weight is 385 g/mol. The van der Waals surface area contributed by atoms with E-state index < -0.39 is 0 Å². The third-order valence-electron chi connectivity index (χ3n) is 3.62. The molecule has 0 aliphatic heterocycles. The molecule has 1 amide bonds. The minimum atomic E-state index is -0.136. The molecule has 140 valence electrons. The number of anilines is 1. The maximum absolute atomic E-state index is 12.1. The number of aryl methyl sites for hydroxylation is 1. The van der Waals surface area contributed by atoms with E-state index in [1.807, 2.05) is 31.2 Å². The van der Waals surface area contributed by atoms with Gasteiger partial charge in [0.1, 0.15) is 11.5 Å². The van der Waals surface area contributed by atoms with Gasteiger partial charge in [0, 0.05) is 5.69 Å². The van der Waals surface area contributed by atoms with Crippen LogP contribution in [0.25, 0.3) is 0 Å². The minimum absolute atomic E-state index is 0.136. The van der Waals surface area contributed by atoms with Crippen molar-refractivity contribution in [2.75, 3.05) is 18.2 Å². The molecule has 0 fully saturated rings.